The molecule has 7 nitrogen and oxygen atoms in total. The van der Waals surface area contributed by atoms with Gasteiger partial charge in [0, 0.05) is 6.42 Å². The summed E-state index contributed by atoms with van der Waals surface area (Å²) in [6.07, 6.45) is 22.3. The average Bonchev–Trinajstić information content (AvgIpc) is 3.58. The van der Waals surface area contributed by atoms with Gasteiger partial charge >= 0.3 is 5.97 Å². The number of carbonyl (C=O) groups is 2. The van der Waals surface area contributed by atoms with Crippen molar-refractivity contribution < 1.29 is 34.4 Å². The minimum absolute atomic E-state index is 0.0382. The quantitative estimate of drug-likeness (QED) is 0.0707. The van der Waals surface area contributed by atoms with Crippen LogP contribution in [0.1, 0.15) is 168 Å². The van der Waals surface area contributed by atoms with Crippen LogP contribution in [0.5, 0.6) is 0 Å². The summed E-state index contributed by atoms with van der Waals surface area (Å²) in [6.45, 7) is 3.76. The molecule has 0 spiro atoms. The van der Waals surface area contributed by atoms with Gasteiger partial charge in [-0.2, -0.15) is 0 Å². The van der Waals surface area contributed by atoms with Crippen LogP contribution in [0.15, 0.2) is 0 Å². The normalized spacial score (nSPS) is 24.5. The third-order valence-corrected chi connectivity index (χ3v) is 9.35. The maximum atomic E-state index is 11.8. The van der Waals surface area contributed by atoms with Crippen LogP contribution in [0.4, 0.5) is 0 Å². The molecule has 3 N–H and O–H groups in total. The van der Waals surface area contributed by atoms with Crippen LogP contribution in [-0.4, -0.2) is 63.7 Å². The standard InChI is InChI=1S/C35H64O7/c1-3-4-5-6-7-8-9-16-21-31(38)33-23-24-34(42-33)32(39)22-17-12-14-19-29(37)18-13-10-11-15-20-30-26-28(25-27(2)36)35(40)41-30/h28-34,37-39H,3-26H2,1-2H3/t28?,29?,30?,31-,32+,33+,34+/m0/s1. The fraction of sp³-hybridized carbons (Fsp3) is 0.943. The van der Waals surface area contributed by atoms with Gasteiger partial charge in [0.25, 0.3) is 0 Å². The molecule has 0 saturated carbocycles. The summed E-state index contributed by atoms with van der Waals surface area (Å²) in [5, 5.41) is 31.5. The van der Waals surface area contributed by atoms with Crippen molar-refractivity contribution in [1.82, 2.24) is 0 Å². The summed E-state index contributed by atoms with van der Waals surface area (Å²) in [5.41, 5.74) is 0. The minimum atomic E-state index is -0.469. The van der Waals surface area contributed by atoms with Crippen LogP contribution in [-0.2, 0) is 19.1 Å². The summed E-state index contributed by atoms with van der Waals surface area (Å²) >= 11 is 0. The molecule has 0 aromatic rings. The van der Waals surface area contributed by atoms with Crippen LogP contribution >= 0.6 is 0 Å². The first-order valence-electron chi connectivity index (χ1n) is 17.7. The van der Waals surface area contributed by atoms with E-state index in [1.54, 1.807) is 0 Å². The number of rotatable bonds is 26. The third-order valence-electron chi connectivity index (χ3n) is 9.35. The van der Waals surface area contributed by atoms with Crippen molar-refractivity contribution in [2.45, 2.75) is 205 Å². The van der Waals surface area contributed by atoms with E-state index in [2.05, 4.69) is 6.92 Å². The Kier molecular flexibility index (Phi) is 19.9. The number of aliphatic hydroxyl groups excluding tert-OH is 3. The van der Waals surface area contributed by atoms with E-state index in [1.165, 1.54) is 51.9 Å². The maximum Gasteiger partial charge on any atom is 0.309 e. The van der Waals surface area contributed by atoms with Crippen LogP contribution < -0.4 is 0 Å². The number of Topliss-reactive ketones (excluding diaryl/α,β-unsaturated/α-hetero) is 1. The molecule has 3 unspecified atom stereocenters. The molecule has 0 aliphatic carbocycles. The zero-order valence-electron chi connectivity index (χ0n) is 27.0. The van der Waals surface area contributed by atoms with E-state index in [1.807, 2.05) is 0 Å². The van der Waals surface area contributed by atoms with Gasteiger partial charge in [-0.25, -0.2) is 0 Å². The smallest absolute Gasteiger partial charge is 0.309 e. The Balaban J connectivity index is 1.40. The van der Waals surface area contributed by atoms with Crippen molar-refractivity contribution >= 4 is 11.8 Å². The Morgan fingerprint density at radius 3 is 1.76 bits per heavy atom. The highest BCUT2D eigenvalue weighted by atomic mass is 16.6. The van der Waals surface area contributed by atoms with Gasteiger partial charge in [-0.1, -0.05) is 96.8 Å². The van der Waals surface area contributed by atoms with Crippen molar-refractivity contribution in [3.63, 3.8) is 0 Å². The van der Waals surface area contributed by atoms with Gasteiger partial charge in [-0.15, -0.1) is 0 Å². The monoisotopic (exact) mass is 596 g/mol. The Morgan fingerprint density at radius 2 is 1.21 bits per heavy atom. The highest BCUT2D eigenvalue weighted by Gasteiger charge is 2.35. The molecule has 2 rings (SSSR count). The first kappa shape index (κ1) is 37.2. The molecule has 42 heavy (non-hydrogen) atoms. The first-order chi connectivity index (χ1) is 20.3. The molecule has 7 atom stereocenters. The highest BCUT2D eigenvalue weighted by molar-refractivity contribution is 5.83. The van der Waals surface area contributed by atoms with E-state index < -0.39 is 12.2 Å². The first-order valence-corrected chi connectivity index (χ1v) is 17.7. The Bertz CT molecular complexity index is 713. The van der Waals surface area contributed by atoms with Crippen molar-refractivity contribution in [3.05, 3.63) is 0 Å². The number of hydrogen-bond acceptors (Lipinski definition) is 7. The molecule has 2 saturated heterocycles. The summed E-state index contributed by atoms with van der Waals surface area (Å²) in [4.78, 5) is 23.1. The van der Waals surface area contributed by atoms with Gasteiger partial charge in [0.1, 0.15) is 11.9 Å². The number of ether oxygens (including phenoxy) is 2. The van der Waals surface area contributed by atoms with E-state index in [0.717, 1.165) is 89.9 Å². The molecule has 2 aliphatic rings. The lowest BCUT2D eigenvalue weighted by atomic mass is 9.96. The summed E-state index contributed by atoms with van der Waals surface area (Å²) < 4.78 is 11.5. The number of cyclic esters (lactones) is 1. The third kappa shape index (κ3) is 16.2. The predicted octanol–water partition coefficient (Wildman–Crippen LogP) is 7.35. The zero-order chi connectivity index (χ0) is 30.6. The van der Waals surface area contributed by atoms with Gasteiger partial charge in [-0.05, 0) is 64.7 Å². The fourth-order valence-electron chi connectivity index (χ4n) is 6.69. The van der Waals surface area contributed by atoms with Gasteiger partial charge in [0.15, 0.2) is 0 Å². The topological polar surface area (TPSA) is 113 Å². The number of aliphatic hydroxyl groups is 3. The van der Waals surface area contributed by atoms with Gasteiger partial charge in [-0.3, -0.25) is 4.79 Å². The largest absolute Gasteiger partial charge is 0.462 e. The molecular formula is C35H64O7. The van der Waals surface area contributed by atoms with E-state index in [-0.39, 0.29) is 42.1 Å². The van der Waals surface area contributed by atoms with E-state index in [9.17, 15) is 24.9 Å². The lowest BCUT2D eigenvalue weighted by Crippen LogP contribution is -2.31. The second kappa shape index (κ2) is 22.5. The fourth-order valence-corrected chi connectivity index (χ4v) is 6.69. The molecule has 0 aromatic carbocycles. The zero-order valence-corrected chi connectivity index (χ0v) is 27.0. The number of esters is 1. The lowest BCUT2D eigenvalue weighted by Gasteiger charge is -2.22. The second-order valence-electron chi connectivity index (χ2n) is 13.4. The Labute approximate surface area is 256 Å². The Morgan fingerprint density at radius 1 is 0.738 bits per heavy atom. The minimum Gasteiger partial charge on any atom is -0.462 e. The van der Waals surface area contributed by atoms with Gasteiger partial charge < -0.3 is 29.6 Å². The molecule has 246 valence electrons. The predicted molar refractivity (Wildman–Crippen MR) is 167 cm³/mol. The Hall–Kier alpha value is -1.02. The highest BCUT2D eigenvalue weighted by Crippen LogP contribution is 2.29. The number of ketones is 1. The summed E-state index contributed by atoms with van der Waals surface area (Å²) in [6, 6.07) is 0. The van der Waals surface area contributed by atoms with Crippen LogP contribution in [0.25, 0.3) is 0 Å². The van der Waals surface area contributed by atoms with Crippen LogP contribution in [0, 0.1) is 5.92 Å². The summed E-state index contributed by atoms with van der Waals surface area (Å²) in [7, 11) is 0. The number of unbranched alkanes of at least 4 members (excludes halogenated alkanes) is 12. The van der Waals surface area contributed by atoms with Gasteiger partial charge in [0.05, 0.1) is 36.4 Å². The number of hydrogen-bond donors (Lipinski definition) is 3. The molecule has 2 heterocycles. The molecule has 0 amide bonds. The molecule has 2 fully saturated rings. The van der Waals surface area contributed by atoms with Crippen molar-refractivity contribution in [1.29, 1.82) is 0 Å². The van der Waals surface area contributed by atoms with E-state index in [4.69, 9.17) is 9.47 Å². The van der Waals surface area contributed by atoms with Crippen molar-refractivity contribution in [2.24, 2.45) is 5.92 Å². The van der Waals surface area contributed by atoms with Crippen molar-refractivity contribution in [2.75, 3.05) is 0 Å². The van der Waals surface area contributed by atoms with Crippen molar-refractivity contribution in [3.8, 4) is 0 Å². The SMILES string of the molecule is CCCCCCCCCC[C@H](O)[C@H]1CC[C@H]([C@H](O)CCCCCC(O)CCCCCCC2CC(CC(C)=O)C(=O)O2)O1. The molecule has 0 radical (unpaired) electrons. The van der Waals surface area contributed by atoms with Crippen LogP contribution in [0.3, 0.4) is 0 Å². The average molecular weight is 597 g/mol. The van der Waals surface area contributed by atoms with Crippen LogP contribution in [0.2, 0.25) is 0 Å². The molecule has 2 aliphatic heterocycles. The lowest BCUT2D eigenvalue weighted by molar-refractivity contribution is -0.145. The van der Waals surface area contributed by atoms with E-state index >= 15 is 0 Å². The molecule has 7 heteroatoms. The molecule has 0 aromatic heterocycles. The molecule has 0 bridgehead atoms. The molecular weight excluding hydrogens is 532 g/mol. The number of carbonyl (C=O) groups excluding carboxylic acids is 2. The van der Waals surface area contributed by atoms with E-state index in [0.29, 0.717) is 19.3 Å². The van der Waals surface area contributed by atoms with Gasteiger partial charge in [0.2, 0.25) is 0 Å². The second-order valence-corrected chi connectivity index (χ2v) is 13.4. The summed E-state index contributed by atoms with van der Waals surface area (Å²) in [5.74, 6) is -0.419. The maximum absolute atomic E-state index is 11.8.